The highest BCUT2D eigenvalue weighted by atomic mass is 16.8. The zero-order chi connectivity index (χ0) is 18.4. The van der Waals surface area contributed by atoms with Gasteiger partial charge in [0.1, 0.15) is 6.61 Å². The van der Waals surface area contributed by atoms with E-state index in [1.807, 2.05) is 0 Å². The molecule has 150 valence electrons. The lowest BCUT2D eigenvalue weighted by Crippen LogP contribution is -2.29. The summed E-state index contributed by atoms with van der Waals surface area (Å²) in [7, 11) is 0. The van der Waals surface area contributed by atoms with Gasteiger partial charge in [-0.3, -0.25) is 0 Å². The molecule has 0 saturated carbocycles. The molecule has 1 saturated heterocycles. The van der Waals surface area contributed by atoms with Gasteiger partial charge in [0, 0.05) is 6.42 Å². The van der Waals surface area contributed by atoms with Crippen LogP contribution in [0.4, 0.5) is 0 Å². The van der Waals surface area contributed by atoms with Crippen LogP contribution in [0.3, 0.4) is 0 Å². The Morgan fingerprint density at radius 2 is 0.920 bits per heavy atom. The lowest BCUT2D eigenvalue weighted by Gasteiger charge is -2.08. The Balaban J connectivity index is 1.73. The van der Waals surface area contributed by atoms with Crippen LogP contribution in [0, 0.1) is 0 Å². The minimum absolute atomic E-state index is 0.405. The molecule has 1 aliphatic heterocycles. The summed E-state index contributed by atoms with van der Waals surface area (Å²) in [6.45, 7) is 1.73. The Morgan fingerprint density at radius 1 is 0.560 bits per heavy atom. The quantitative estimate of drug-likeness (QED) is 0.237. The maximum Gasteiger partial charge on any atom is 0.247 e. The third kappa shape index (κ3) is 9.37. The Bertz CT molecular complexity index is 323. The third-order valence-corrected chi connectivity index (χ3v) is 5.49. The Labute approximate surface area is 155 Å². The predicted molar refractivity (Wildman–Crippen MR) is 102 cm³/mol. The lowest BCUT2D eigenvalue weighted by atomic mass is 10.0. The first-order chi connectivity index (χ1) is 12.1. The first-order valence-electron chi connectivity index (χ1n) is 10.8. The molecule has 0 aromatic carbocycles. The smallest absolute Gasteiger partial charge is 0.247 e. The van der Waals surface area contributed by atoms with Gasteiger partial charge in [0.05, 0.1) is 0 Å². The molecule has 1 aliphatic rings. The van der Waals surface area contributed by atoms with Gasteiger partial charge in [0.15, 0.2) is 0 Å². The van der Waals surface area contributed by atoms with E-state index in [-0.39, 0.29) is 0 Å². The second-order valence-electron chi connectivity index (χ2n) is 7.88. The topological polar surface area (TPSA) is 73.2 Å². The average molecular weight is 359 g/mol. The molecule has 0 aromatic rings. The predicted octanol–water partition coefficient (Wildman–Crippen LogP) is 5.04. The molecular formula is C21H42O4. The fourth-order valence-corrected chi connectivity index (χ4v) is 3.57. The van der Waals surface area contributed by atoms with Crippen molar-refractivity contribution in [2.24, 2.45) is 0 Å². The minimum atomic E-state index is -1.71. The monoisotopic (exact) mass is 358 g/mol. The maximum atomic E-state index is 9.83. The molecule has 1 rings (SSSR count). The van der Waals surface area contributed by atoms with Crippen molar-refractivity contribution in [3.05, 3.63) is 0 Å². The fourth-order valence-electron chi connectivity index (χ4n) is 3.57. The number of unbranched alkanes of at least 4 members (excludes halogenated alkanes) is 15. The number of epoxide rings is 1. The molecule has 0 aliphatic carbocycles. The molecule has 25 heavy (non-hydrogen) atoms. The van der Waals surface area contributed by atoms with E-state index in [4.69, 9.17) is 9.84 Å². The van der Waals surface area contributed by atoms with Crippen LogP contribution in [-0.2, 0) is 4.74 Å². The average Bonchev–Trinajstić information content (AvgIpc) is 3.16. The Hall–Kier alpha value is -0.160. The molecule has 1 heterocycles. The third-order valence-electron chi connectivity index (χ3n) is 5.49. The van der Waals surface area contributed by atoms with Gasteiger partial charge in [-0.2, -0.15) is 0 Å². The van der Waals surface area contributed by atoms with Crippen LogP contribution in [0.2, 0.25) is 0 Å². The highest BCUT2D eigenvalue weighted by Crippen LogP contribution is 2.46. The van der Waals surface area contributed by atoms with Gasteiger partial charge < -0.3 is 20.1 Å². The van der Waals surface area contributed by atoms with Crippen molar-refractivity contribution in [2.45, 2.75) is 128 Å². The summed E-state index contributed by atoms with van der Waals surface area (Å²) in [6.07, 6.45) is 21.4. The highest BCUT2D eigenvalue weighted by Gasteiger charge is 2.68. The summed E-state index contributed by atoms with van der Waals surface area (Å²) in [5, 5.41) is 28.3. The SMILES string of the molecule is CCCCCCCCCCCCCCCCCCC1(O)OC1(O)CO. The van der Waals surface area contributed by atoms with Crippen LogP contribution < -0.4 is 0 Å². The zero-order valence-electron chi connectivity index (χ0n) is 16.5. The number of aliphatic hydroxyl groups excluding tert-OH is 1. The van der Waals surface area contributed by atoms with Crippen molar-refractivity contribution in [3.8, 4) is 0 Å². The number of hydrogen-bond acceptors (Lipinski definition) is 4. The molecule has 2 atom stereocenters. The molecule has 0 amide bonds. The second kappa shape index (κ2) is 13.1. The molecular weight excluding hydrogens is 316 g/mol. The van der Waals surface area contributed by atoms with Gasteiger partial charge in [0.2, 0.25) is 11.6 Å². The Kier molecular flexibility index (Phi) is 12.0. The molecule has 0 radical (unpaired) electrons. The molecule has 2 unspecified atom stereocenters. The van der Waals surface area contributed by atoms with Gasteiger partial charge in [0.25, 0.3) is 0 Å². The molecule has 0 spiro atoms. The molecule has 4 nitrogen and oxygen atoms in total. The molecule has 4 heteroatoms. The van der Waals surface area contributed by atoms with Crippen molar-refractivity contribution in [1.82, 2.24) is 0 Å². The highest BCUT2D eigenvalue weighted by molar-refractivity contribution is 4.99. The van der Waals surface area contributed by atoms with Gasteiger partial charge in [-0.15, -0.1) is 0 Å². The van der Waals surface area contributed by atoms with E-state index in [1.54, 1.807) is 0 Å². The first kappa shape index (κ1) is 22.9. The van der Waals surface area contributed by atoms with E-state index in [0.717, 1.165) is 12.8 Å². The van der Waals surface area contributed by atoms with E-state index >= 15 is 0 Å². The number of hydrogen-bond donors (Lipinski definition) is 3. The van der Waals surface area contributed by atoms with Gasteiger partial charge in [-0.25, -0.2) is 0 Å². The normalized spacial score (nSPS) is 25.4. The van der Waals surface area contributed by atoms with Crippen molar-refractivity contribution in [3.63, 3.8) is 0 Å². The van der Waals surface area contributed by atoms with Crippen LogP contribution in [0.5, 0.6) is 0 Å². The summed E-state index contributed by atoms with van der Waals surface area (Å²) < 4.78 is 4.83. The summed E-state index contributed by atoms with van der Waals surface area (Å²) in [6, 6.07) is 0. The lowest BCUT2D eigenvalue weighted by molar-refractivity contribution is -0.0245. The zero-order valence-corrected chi connectivity index (χ0v) is 16.5. The van der Waals surface area contributed by atoms with Gasteiger partial charge >= 0.3 is 0 Å². The van der Waals surface area contributed by atoms with E-state index in [0.29, 0.717) is 6.42 Å². The van der Waals surface area contributed by atoms with Crippen LogP contribution >= 0.6 is 0 Å². The van der Waals surface area contributed by atoms with E-state index in [1.165, 1.54) is 89.9 Å². The van der Waals surface area contributed by atoms with Crippen molar-refractivity contribution < 1.29 is 20.1 Å². The summed E-state index contributed by atoms with van der Waals surface area (Å²) in [5.41, 5.74) is 0. The minimum Gasteiger partial charge on any atom is -0.391 e. The largest absolute Gasteiger partial charge is 0.391 e. The van der Waals surface area contributed by atoms with Crippen LogP contribution in [-0.4, -0.2) is 33.5 Å². The number of aliphatic hydroxyl groups is 3. The number of ether oxygens (including phenoxy) is 1. The first-order valence-corrected chi connectivity index (χ1v) is 10.8. The standard InChI is InChI=1S/C21H42O4/c1-2-3-4-5-6-7-8-9-10-11-12-13-14-15-16-17-18-20(23)21(24,19-22)25-20/h22-24H,2-19H2,1H3. The van der Waals surface area contributed by atoms with Crippen molar-refractivity contribution in [2.75, 3.05) is 6.61 Å². The molecule has 3 N–H and O–H groups in total. The maximum absolute atomic E-state index is 9.83. The summed E-state index contributed by atoms with van der Waals surface area (Å²) >= 11 is 0. The molecule has 1 fully saturated rings. The van der Waals surface area contributed by atoms with E-state index in [2.05, 4.69) is 6.92 Å². The second-order valence-corrected chi connectivity index (χ2v) is 7.88. The van der Waals surface area contributed by atoms with Crippen LogP contribution in [0.1, 0.15) is 116 Å². The van der Waals surface area contributed by atoms with Crippen LogP contribution in [0.15, 0.2) is 0 Å². The fraction of sp³-hybridized carbons (Fsp3) is 1.00. The summed E-state index contributed by atoms with van der Waals surface area (Å²) in [5.74, 6) is -3.21. The Morgan fingerprint density at radius 3 is 1.24 bits per heavy atom. The molecule has 0 bridgehead atoms. The van der Waals surface area contributed by atoms with E-state index in [9.17, 15) is 10.2 Å². The summed E-state index contributed by atoms with van der Waals surface area (Å²) in [4.78, 5) is 0. The van der Waals surface area contributed by atoms with E-state index < -0.39 is 18.2 Å². The molecule has 0 aromatic heterocycles. The van der Waals surface area contributed by atoms with Crippen molar-refractivity contribution >= 4 is 0 Å². The van der Waals surface area contributed by atoms with Crippen LogP contribution in [0.25, 0.3) is 0 Å². The number of rotatable bonds is 18. The van der Waals surface area contributed by atoms with Crippen molar-refractivity contribution in [1.29, 1.82) is 0 Å². The van der Waals surface area contributed by atoms with Gasteiger partial charge in [-0.1, -0.05) is 103 Å². The van der Waals surface area contributed by atoms with Gasteiger partial charge in [-0.05, 0) is 6.42 Å².